The zero-order chi connectivity index (χ0) is 17.9. The van der Waals surface area contributed by atoms with Crippen molar-refractivity contribution >= 4 is 46.8 Å². The highest BCUT2D eigenvalue weighted by atomic mass is 35.5. The van der Waals surface area contributed by atoms with E-state index in [1.807, 2.05) is 6.07 Å². The zero-order valence-corrected chi connectivity index (χ0v) is 15.2. The van der Waals surface area contributed by atoms with E-state index in [4.69, 9.17) is 40.1 Å². The average Bonchev–Trinajstić information content (AvgIpc) is 2.82. The third kappa shape index (κ3) is 3.73. The highest BCUT2D eigenvalue weighted by Crippen LogP contribution is 2.28. The molecule has 0 radical (unpaired) electrons. The van der Waals surface area contributed by atoms with Crippen LogP contribution in [0, 0.1) is 18.3 Å². The number of hydrogen-bond donors (Lipinski definition) is 1. The Bertz CT molecular complexity index is 845. The lowest BCUT2D eigenvalue weighted by Gasteiger charge is -2.08. The lowest BCUT2D eigenvalue weighted by atomic mass is 10.1. The summed E-state index contributed by atoms with van der Waals surface area (Å²) in [5.74, 6) is -0.491. The fraction of sp³-hybridized carbons (Fsp3) is 0.188. The van der Waals surface area contributed by atoms with Gasteiger partial charge in [0, 0.05) is 28.2 Å². The molecule has 1 heterocycles. The van der Waals surface area contributed by atoms with Crippen molar-refractivity contribution in [1.82, 2.24) is 15.1 Å². The molecule has 0 bridgehead atoms. The van der Waals surface area contributed by atoms with Crippen LogP contribution in [0.2, 0.25) is 15.2 Å². The predicted molar refractivity (Wildman–Crippen MR) is 95.2 cm³/mol. The van der Waals surface area contributed by atoms with Gasteiger partial charge in [-0.15, -0.1) is 0 Å². The average molecular weight is 384 g/mol. The molecule has 0 atom stereocenters. The fourth-order valence-corrected chi connectivity index (χ4v) is 2.90. The number of aromatic nitrogens is 2. The van der Waals surface area contributed by atoms with E-state index in [1.165, 1.54) is 17.8 Å². The Balaban J connectivity index is 2.45. The van der Waals surface area contributed by atoms with Crippen molar-refractivity contribution in [2.75, 3.05) is 7.05 Å². The molecule has 0 aliphatic heterocycles. The van der Waals surface area contributed by atoms with Gasteiger partial charge in [-0.05, 0) is 25.1 Å². The SMILES string of the molecule is CNC(=O)/C(C#N)=C/c1c(C)nn(Cc2c(Cl)cccc2Cl)c1Cl. The van der Waals surface area contributed by atoms with Crippen LogP contribution in [0.25, 0.3) is 6.08 Å². The van der Waals surface area contributed by atoms with E-state index in [0.29, 0.717) is 32.0 Å². The lowest BCUT2D eigenvalue weighted by molar-refractivity contribution is -0.116. The zero-order valence-electron chi connectivity index (χ0n) is 12.9. The molecule has 1 amide bonds. The van der Waals surface area contributed by atoms with Crippen molar-refractivity contribution in [3.63, 3.8) is 0 Å². The van der Waals surface area contributed by atoms with Gasteiger partial charge in [0.15, 0.2) is 0 Å². The monoisotopic (exact) mass is 382 g/mol. The van der Waals surface area contributed by atoms with E-state index in [0.717, 1.165) is 0 Å². The summed E-state index contributed by atoms with van der Waals surface area (Å²) in [5.41, 5.74) is 1.71. The molecule has 0 aliphatic carbocycles. The van der Waals surface area contributed by atoms with Crippen LogP contribution in [0.3, 0.4) is 0 Å². The van der Waals surface area contributed by atoms with Gasteiger partial charge in [0.2, 0.25) is 0 Å². The number of nitriles is 1. The first-order chi connectivity index (χ1) is 11.4. The molecule has 2 aromatic rings. The van der Waals surface area contributed by atoms with Crippen LogP contribution in [0.5, 0.6) is 0 Å². The normalized spacial score (nSPS) is 11.2. The second kappa shape index (κ2) is 7.71. The number of carbonyl (C=O) groups excluding carboxylic acids is 1. The molecule has 0 saturated carbocycles. The van der Waals surface area contributed by atoms with Crippen molar-refractivity contribution < 1.29 is 4.79 Å². The Kier molecular flexibility index (Phi) is 5.89. The molecule has 5 nitrogen and oxygen atoms in total. The topological polar surface area (TPSA) is 70.7 Å². The van der Waals surface area contributed by atoms with E-state index in [2.05, 4.69) is 10.4 Å². The van der Waals surface area contributed by atoms with Gasteiger partial charge in [-0.2, -0.15) is 10.4 Å². The van der Waals surface area contributed by atoms with Crippen molar-refractivity contribution in [2.45, 2.75) is 13.5 Å². The van der Waals surface area contributed by atoms with Crippen LogP contribution in [-0.2, 0) is 11.3 Å². The van der Waals surface area contributed by atoms with Crippen LogP contribution in [0.15, 0.2) is 23.8 Å². The second-order valence-corrected chi connectivity index (χ2v) is 6.07. The van der Waals surface area contributed by atoms with Crippen molar-refractivity contribution in [1.29, 1.82) is 5.26 Å². The molecule has 0 spiro atoms. The van der Waals surface area contributed by atoms with Crippen LogP contribution < -0.4 is 5.32 Å². The molecule has 1 aromatic carbocycles. The minimum atomic E-state index is -0.491. The molecular weight excluding hydrogens is 371 g/mol. The van der Waals surface area contributed by atoms with Gasteiger partial charge in [-0.25, -0.2) is 4.68 Å². The number of likely N-dealkylation sites (N-methyl/N-ethyl adjacent to an activating group) is 1. The number of nitrogens with one attached hydrogen (secondary N) is 1. The Hall–Kier alpha value is -2.00. The van der Waals surface area contributed by atoms with Crippen molar-refractivity contribution in [3.8, 4) is 6.07 Å². The highest BCUT2D eigenvalue weighted by molar-refractivity contribution is 6.36. The molecule has 8 heteroatoms. The quantitative estimate of drug-likeness (QED) is 0.644. The van der Waals surface area contributed by atoms with Crippen molar-refractivity contribution in [2.24, 2.45) is 0 Å². The third-order valence-electron chi connectivity index (χ3n) is 3.36. The molecule has 0 saturated heterocycles. The van der Waals surface area contributed by atoms with E-state index in [9.17, 15) is 4.79 Å². The first-order valence-corrected chi connectivity index (χ1v) is 8.02. The van der Waals surface area contributed by atoms with Gasteiger partial charge in [0.05, 0.1) is 12.2 Å². The summed E-state index contributed by atoms with van der Waals surface area (Å²) in [6.45, 7) is 2.01. The van der Waals surface area contributed by atoms with Crippen LogP contribution >= 0.6 is 34.8 Å². The first-order valence-electron chi connectivity index (χ1n) is 6.88. The smallest absolute Gasteiger partial charge is 0.261 e. The fourth-order valence-electron chi connectivity index (χ4n) is 2.10. The van der Waals surface area contributed by atoms with Crippen molar-refractivity contribution in [3.05, 3.63) is 55.8 Å². The standard InChI is InChI=1S/C16H13Cl3N4O/c1-9-11(6-10(7-20)16(24)21-2)15(19)23(22-9)8-12-13(17)4-3-5-14(12)18/h3-6H,8H2,1-2H3,(H,21,24)/b10-6+. The number of carbonyl (C=O) groups is 1. The van der Waals surface area contributed by atoms with Crippen LogP contribution in [0.1, 0.15) is 16.8 Å². The summed E-state index contributed by atoms with van der Waals surface area (Å²) >= 11 is 18.7. The number of halogens is 3. The minimum Gasteiger partial charge on any atom is -0.354 e. The molecule has 2 rings (SSSR count). The molecular formula is C16H13Cl3N4O. The molecule has 24 heavy (non-hydrogen) atoms. The van der Waals surface area contributed by atoms with Crippen LogP contribution in [-0.4, -0.2) is 22.7 Å². The van der Waals surface area contributed by atoms with E-state index in [1.54, 1.807) is 25.1 Å². The van der Waals surface area contributed by atoms with Crippen LogP contribution in [0.4, 0.5) is 0 Å². The summed E-state index contributed by atoms with van der Waals surface area (Å²) in [6.07, 6.45) is 1.41. The Morgan fingerprint density at radius 1 is 1.38 bits per heavy atom. The number of amides is 1. The summed E-state index contributed by atoms with van der Waals surface area (Å²) in [4.78, 5) is 11.7. The summed E-state index contributed by atoms with van der Waals surface area (Å²) < 4.78 is 1.52. The lowest BCUT2D eigenvalue weighted by Crippen LogP contribution is -2.19. The van der Waals surface area contributed by atoms with Gasteiger partial charge in [-0.1, -0.05) is 40.9 Å². The van der Waals surface area contributed by atoms with Gasteiger partial charge < -0.3 is 5.32 Å². The number of rotatable bonds is 4. The summed E-state index contributed by atoms with van der Waals surface area (Å²) in [6, 6.07) is 7.05. The van der Waals surface area contributed by atoms with Gasteiger partial charge in [0.1, 0.15) is 16.8 Å². The van der Waals surface area contributed by atoms with E-state index < -0.39 is 5.91 Å². The molecule has 0 aliphatic rings. The summed E-state index contributed by atoms with van der Waals surface area (Å²) in [7, 11) is 1.45. The maximum absolute atomic E-state index is 11.7. The Morgan fingerprint density at radius 3 is 2.54 bits per heavy atom. The minimum absolute atomic E-state index is 0.0576. The Labute approximate surface area is 154 Å². The van der Waals surface area contributed by atoms with Gasteiger partial charge >= 0.3 is 0 Å². The maximum Gasteiger partial charge on any atom is 0.261 e. The molecule has 124 valence electrons. The van der Waals surface area contributed by atoms with Gasteiger partial charge in [0.25, 0.3) is 5.91 Å². The number of nitrogens with zero attached hydrogens (tertiary/aromatic N) is 3. The summed E-state index contributed by atoms with van der Waals surface area (Å²) in [5, 5.41) is 17.1. The number of hydrogen-bond acceptors (Lipinski definition) is 3. The third-order valence-corrected chi connectivity index (χ3v) is 4.47. The largest absolute Gasteiger partial charge is 0.354 e. The Morgan fingerprint density at radius 2 is 2.00 bits per heavy atom. The highest BCUT2D eigenvalue weighted by Gasteiger charge is 2.16. The first kappa shape index (κ1) is 18.3. The molecule has 0 unspecified atom stereocenters. The van der Waals surface area contributed by atoms with E-state index in [-0.39, 0.29) is 12.1 Å². The number of aryl methyl sites for hydroxylation is 1. The number of benzene rings is 1. The van der Waals surface area contributed by atoms with E-state index >= 15 is 0 Å². The second-order valence-electron chi connectivity index (χ2n) is 4.90. The molecule has 1 N–H and O–H groups in total. The predicted octanol–water partition coefficient (Wildman–Crippen LogP) is 3.85. The maximum atomic E-state index is 11.7. The molecule has 1 aromatic heterocycles. The molecule has 0 fully saturated rings. The van der Waals surface area contributed by atoms with Gasteiger partial charge in [-0.3, -0.25) is 4.79 Å².